The van der Waals surface area contributed by atoms with Crippen LogP contribution in [0.4, 0.5) is 0 Å². The van der Waals surface area contributed by atoms with Gasteiger partial charge in [-0.15, -0.1) is 0 Å². The van der Waals surface area contributed by atoms with E-state index in [-0.39, 0.29) is 0 Å². The van der Waals surface area contributed by atoms with E-state index in [2.05, 4.69) is 17.1 Å². The monoisotopic (exact) mass is 276 g/mol. The van der Waals surface area contributed by atoms with E-state index in [1.807, 2.05) is 0 Å². The fourth-order valence-electron chi connectivity index (χ4n) is 2.49. The first-order chi connectivity index (χ1) is 8.64. The molecule has 18 heavy (non-hydrogen) atoms. The van der Waals surface area contributed by atoms with Crippen LogP contribution in [-0.4, -0.2) is 80.8 Å². The number of likely N-dealkylation sites (N-methyl/N-ethyl adjacent to an activating group) is 1. The predicted octanol–water partition coefficient (Wildman–Crippen LogP) is -0.836. The highest BCUT2D eigenvalue weighted by atomic mass is 32.2. The lowest BCUT2D eigenvalue weighted by atomic mass is 10.4. The van der Waals surface area contributed by atoms with Crippen molar-refractivity contribution >= 4 is 10.2 Å². The Hall–Kier alpha value is -0.210. The first-order valence-corrected chi connectivity index (χ1v) is 8.22. The van der Waals surface area contributed by atoms with Crippen molar-refractivity contribution < 1.29 is 8.42 Å². The van der Waals surface area contributed by atoms with E-state index in [0.717, 1.165) is 39.1 Å². The number of nitrogens with zero attached hydrogens (tertiary/aromatic N) is 3. The Labute approximate surface area is 110 Å². The molecule has 0 amide bonds. The van der Waals surface area contributed by atoms with Crippen LogP contribution in [0.15, 0.2) is 0 Å². The van der Waals surface area contributed by atoms with Gasteiger partial charge in [-0.25, -0.2) is 0 Å². The molecule has 0 aliphatic carbocycles. The summed E-state index contributed by atoms with van der Waals surface area (Å²) >= 11 is 0. The van der Waals surface area contributed by atoms with Crippen LogP contribution in [0.3, 0.4) is 0 Å². The van der Waals surface area contributed by atoms with Crippen molar-refractivity contribution in [3.8, 4) is 0 Å². The summed E-state index contributed by atoms with van der Waals surface area (Å²) in [6.45, 7) is 8.97. The third-order valence-electron chi connectivity index (χ3n) is 3.73. The normalized spacial score (nSPS) is 26.1. The van der Waals surface area contributed by atoms with E-state index in [1.54, 1.807) is 8.61 Å². The highest BCUT2D eigenvalue weighted by Crippen LogP contribution is 2.13. The summed E-state index contributed by atoms with van der Waals surface area (Å²) in [5.41, 5.74) is 0. The minimum atomic E-state index is -3.24. The molecule has 0 aromatic carbocycles. The molecule has 0 aromatic heterocycles. The van der Waals surface area contributed by atoms with Gasteiger partial charge in [0.25, 0.3) is 10.2 Å². The zero-order valence-electron chi connectivity index (χ0n) is 11.1. The van der Waals surface area contributed by atoms with Gasteiger partial charge in [0, 0.05) is 45.8 Å². The maximum atomic E-state index is 12.5. The third-order valence-corrected chi connectivity index (χ3v) is 5.77. The summed E-state index contributed by atoms with van der Waals surface area (Å²) in [4.78, 5) is 2.29. The van der Waals surface area contributed by atoms with E-state index in [0.29, 0.717) is 26.2 Å². The smallest absolute Gasteiger partial charge is 0.282 e. The van der Waals surface area contributed by atoms with Gasteiger partial charge < -0.3 is 10.2 Å². The molecule has 0 atom stereocenters. The molecular weight excluding hydrogens is 252 g/mol. The minimum Gasteiger partial charge on any atom is -0.315 e. The van der Waals surface area contributed by atoms with Gasteiger partial charge in [-0.3, -0.25) is 0 Å². The van der Waals surface area contributed by atoms with E-state index in [4.69, 9.17) is 0 Å². The van der Waals surface area contributed by atoms with Gasteiger partial charge in [-0.1, -0.05) is 6.92 Å². The standard InChI is InChI=1S/C11H24N4O2S/c1-2-13-8-10-15(11-9-13)18(16,17)14-6-3-4-12-5-7-14/h12H,2-11H2,1H3. The molecule has 2 saturated heterocycles. The van der Waals surface area contributed by atoms with Gasteiger partial charge in [-0.2, -0.15) is 17.0 Å². The quantitative estimate of drug-likeness (QED) is 0.731. The number of rotatable bonds is 3. The Kier molecular flexibility index (Phi) is 4.97. The lowest BCUT2D eigenvalue weighted by Gasteiger charge is -2.35. The molecule has 6 nitrogen and oxygen atoms in total. The fourth-order valence-corrected chi connectivity index (χ4v) is 4.12. The van der Waals surface area contributed by atoms with Crippen LogP contribution in [0.2, 0.25) is 0 Å². The molecule has 2 aliphatic rings. The molecule has 7 heteroatoms. The summed E-state index contributed by atoms with van der Waals surface area (Å²) in [7, 11) is -3.24. The molecular formula is C11H24N4O2S. The highest BCUT2D eigenvalue weighted by Gasteiger charge is 2.31. The van der Waals surface area contributed by atoms with Crippen LogP contribution in [-0.2, 0) is 10.2 Å². The van der Waals surface area contributed by atoms with Gasteiger partial charge >= 0.3 is 0 Å². The highest BCUT2D eigenvalue weighted by molar-refractivity contribution is 7.86. The second-order valence-electron chi connectivity index (χ2n) is 4.84. The van der Waals surface area contributed by atoms with Gasteiger partial charge in [0.1, 0.15) is 0 Å². The van der Waals surface area contributed by atoms with E-state index < -0.39 is 10.2 Å². The Morgan fingerprint density at radius 1 is 0.944 bits per heavy atom. The summed E-state index contributed by atoms with van der Waals surface area (Å²) in [6.07, 6.45) is 0.897. The molecule has 0 unspecified atom stereocenters. The van der Waals surface area contributed by atoms with Gasteiger partial charge in [0.15, 0.2) is 0 Å². The molecule has 0 saturated carbocycles. The van der Waals surface area contributed by atoms with Crippen molar-refractivity contribution in [2.24, 2.45) is 0 Å². The van der Waals surface area contributed by atoms with Crippen molar-refractivity contribution in [1.29, 1.82) is 0 Å². The SMILES string of the molecule is CCN1CCN(S(=O)(=O)N2CCCNCC2)CC1. The average Bonchev–Trinajstić information content (AvgIpc) is 2.68. The molecule has 0 aromatic rings. The Morgan fingerprint density at radius 3 is 2.28 bits per heavy atom. The van der Waals surface area contributed by atoms with Gasteiger partial charge in [0.2, 0.25) is 0 Å². The van der Waals surface area contributed by atoms with Crippen molar-refractivity contribution in [2.75, 3.05) is 58.9 Å². The molecule has 106 valence electrons. The minimum absolute atomic E-state index is 0.594. The molecule has 2 fully saturated rings. The zero-order valence-corrected chi connectivity index (χ0v) is 12.0. The Morgan fingerprint density at radius 2 is 1.61 bits per heavy atom. The lowest BCUT2D eigenvalue weighted by Crippen LogP contribution is -2.53. The first-order valence-electron chi connectivity index (χ1n) is 6.83. The summed E-state index contributed by atoms with van der Waals surface area (Å²) in [5, 5.41) is 3.24. The molecule has 0 radical (unpaired) electrons. The Balaban J connectivity index is 1.97. The fraction of sp³-hybridized carbons (Fsp3) is 1.00. The maximum Gasteiger partial charge on any atom is 0.282 e. The number of piperazine rings is 1. The zero-order chi connectivity index (χ0) is 13.0. The van der Waals surface area contributed by atoms with E-state index in [1.165, 1.54) is 0 Å². The summed E-state index contributed by atoms with van der Waals surface area (Å²) in [5.74, 6) is 0. The van der Waals surface area contributed by atoms with Crippen LogP contribution in [0, 0.1) is 0 Å². The molecule has 0 bridgehead atoms. The van der Waals surface area contributed by atoms with Gasteiger partial charge in [-0.05, 0) is 19.5 Å². The van der Waals surface area contributed by atoms with Crippen LogP contribution in [0.1, 0.15) is 13.3 Å². The van der Waals surface area contributed by atoms with Crippen molar-refractivity contribution in [1.82, 2.24) is 18.8 Å². The molecule has 1 N–H and O–H groups in total. The molecule has 2 heterocycles. The second kappa shape index (κ2) is 6.29. The summed E-state index contributed by atoms with van der Waals surface area (Å²) in [6, 6.07) is 0. The average molecular weight is 276 g/mol. The van der Waals surface area contributed by atoms with Crippen LogP contribution >= 0.6 is 0 Å². The van der Waals surface area contributed by atoms with E-state index in [9.17, 15) is 8.42 Å². The molecule has 0 spiro atoms. The topological polar surface area (TPSA) is 55.9 Å². The third kappa shape index (κ3) is 3.21. The van der Waals surface area contributed by atoms with Crippen molar-refractivity contribution in [3.05, 3.63) is 0 Å². The Bertz CT molecular complexity index is 344. The first kappa shape index (κ1) is 14.2. The van der Waals surface area contributed by atoms with Crippen LogP contribution in [0.25, 0.3) is 0 Å². The lowest BCUT2D eigenvalue weighted by molar-refractivity contribution is 0.188. The second-order valence-corrected chi connectivity index (χ2v) is 6.77. The van der Waals surface area contributed by atoms with E-state index >= 15 is 0 Å². The predicted molar refractivity (Wildman–Crippen MR) is 71.7 cm³/mol. The van der Waals surface area contributed by atoms with Crippen molar-refractivity contribution in [3.63, 3.8) is 0 Å². The number of hydrogen-bond acceptors (Lipinski definition) is 4. The van der Waals surface area contributed by atoms with Gasteiger partial charge in [0.05, 0.1) is 0 Å². The number of nitrogens with one attached hydrogen (secondary N) is 1. The van der Waals surface area contributed by atoms with Crippen LogP contribution < -0.4 is 5.32 Å². The number of hydrogen-bond donors (Lipinski definition) is 1. The largest absolute Gasteiger partial charge is 0.315 e. The van der Waals surface area contributed by atoms with Crippen molar-refractivity contribution in [2.45, 2.75) is 13.3 Å². The molecule has 2 rings (SSSR count). The maximum absolute atomic E-state index is 12.5. The summed E-state index contributed by atoms with van der Waals surface area (Å²) < 4.78 is 28.3. The molecule has 2 aliphatic heterocycles. The van der Waals surface area contributed by atoms with Crippen LogP contribution in [0.5, 0.6) is 0 Å².